The van der Waals surface area contributed by atoms with Crippen LogP contribution in [0, 0.1) is 22.0 Å². The van der Waals surface area contributed by atoms with Crippen molar-refractivity contribution in [2.45, 2.75) is 19.4 Å². The Labute approximate surface area is 121 Å². The van der Waals surface area contributed by atoms with Crippen molar-refractivity contribution >= 4 is 17.5 Å². The molecular formula is C15H14N2O4. The second-order valence-corrected chi connectivity index (χ2v) is 5.35. The van der Waals surface area contributed by atoms with E-state index in [1.165, 1.54) is 17.0 Å². The van der Waals surface area contributed by atoms with E-state index in [-0.39, 0.29) is 35.9 Å². The quantitative estimate of drug-likeness (QED) is 0.368. The molecule has 0 saturated carbocycles. The molecule has 2 atom stereocenters. The van der Waals surface area contributed by atoms with Crippen LogP contribution in [0.1, 0.15) is 18.4 Å². The number of fused-ring (bicyclic) bond motifs is 1. The summed E-state index contributed by atoms with van der Waals surface area (Å²) in [4.78, 5) is 36.1. The highest BCUT2D eigenvalue weighted by molar-refractivity contribution is 6.05. The predicted molar refractivity (Wildman–Crippen MR) is 74.0 cm³/mol. The van der Waals surface area contributed by atoms with Gasteiger partial charge in [-0.2, -0.15) is 0 Å². The monoisotopic (exact) mass is 286 g/mol. The minimum Gasteiger partial charge on any atom is -0.278 e. The second-order valence-electron chi connectivity index (χ2n) is 5.35. The van der Waals surface area contributed by atoms with Crippen LogP contribution in [0.5, 0.6) is 0 Å². The zero-order chi connectivity index (χ0) is 15.0. The smallest absolute Gasteiger partial charge is 0.269 e. The SMILES string of the molecule is O=C1[C@H]2CC=CC[C@@H]2C(=O)N1Cc1cccc([N+](=O)[O-])c1. The first-order valence-electron chi connectivity index (χ1n) is 6.81. The van der Waals surface area contributed by atoms with Crippen molar-refractivity contribution < 1.29 is 14.5 Å². The normalized spacial score (nSPS) is 24.3. The molecule has 1 heterocycles. The molecular weight excluding hydrogens is 272 g/mol. The summed E-state index contributed by atoms with van der Waals surface area (Å²) in [5.74, 6) is -0.857. The van der Waals surface area contributed by atoms with E-state index in [1.54, 1.807) is 12.1 Å². The Balaban J connectivity index is 1.82. The van der Waals surface area contributed by atoms with Gasteiger partial charge in [0.15, 0.2) is 0 Å². The lowest BCUT2D eigenvalue weighted by Crippen LogP contribution is -2.30. The molecule has 0 N–H and O–H groups in total. The summed E-state index contributed by atoms with van der Waals surface area (Å²) in [6.07, 6.45) is 5.06. The first-order valence-corrected chi connectivity index (χ1v) is 6.81. The molecule has 0 radical (unpaired) electrons. The van der Waals surface area contributed by atoms with Crippen LogP contribution in [0.25, 0.3) is 0 Å². The predicted octanol–water partition coefficient (Wildman–Crippen LogP) is 2.05. The minimum absolute atomic E-state index is 0.0364. The Morgan fingerprint density at radius 3 is 2.33 bits per heavy atom. The third-order valence-corrected chi connectivity index (χ3v) is 4.06. The lowest BCUT2D eigenvalue weighted by molar-refractivity contribution is -0.384. The zero-order valence-electron chi connectivity index (χ0n) is 11.3. The molecule has 21 heavy (non-hydrogen) atoms. The van der Waals surface area contributed by atoms with E-state index < -0.39 is 4.92 Å². The standard InChI is InChI=1S/C15H14N2O4/c18-14-12-6-1-2-7-13(12)15(19)16(14)9-10-4-3-5-11(8-10)17(20)21/h1-5,8,12-13H,6-7,9H2/t12-,13-/m0/s1. The van der Waals surface area contributed by atoms with Crippen LogP contribution in [-0.4, -0.2) is 21.6 Å². The largest absolute Gasteiger partial charge is 0.278 e. The number of nitro benzene ring substituents is 1. The van der Waals surface area contributed by atoms with Crippen LogP contribution in [0.2, 0.25) is 0 Å². The van der Waals surface area contributed by atoms with Crippen LogP contribution in [0.4, 0.5) is 5.69 Å². The summed E-state index contributed by atoms with van der Waals surface area (Å²) in [5.41, 5.74) is 0.559. The fourth-order valence-corrected chi connectivity index (χ4v) is 2.98. The highest BCUT2D eigenvalue weighted by atomic mass is 16.6. The molecule has 3 rings (SSSR count). The van der Waals surface area contributed by atoms with Gasteiger partial charge in [0.05, 0.1) is 23.3 Å². The summed E-state index contributed by atoms with van der Waals surface area (Å²) in [6.45, 7) is 0.104. The number of amides is 2. The van der Waals surface area contributed by atoms with Crippen molar-refractivity contribution in [2.75, 3.05) is 0 Å². The van der Waals surface area contributed by atoms with E-state index in [9.17, 15) is 19.7 Å². The van der Waals surface area contributed by atoms with E-state index in [0.717, 1.165) is 0 Å². The van der Waals surface area contributed by atoms with Gasteiger partial charge in [-0.3, -0.25) is 24.6 Å². The number of carbonyl (C=O) groups is 2. The molecule has 1 fully saturated rings. The molecule has 1 aromatic rings. The number of hydrogen-bond donors (Lipinski definition) is 0. The summed E-state index contributed by atoms with van der Waals surface area (Å²) in [7, 11) is 0. The number of non-ortho nitro benzene ring substituents is 1. The molecule has 0 unspecified atom stereocenters. The molecule has 1 aromatic carbocycles. The van der Waals surface area contributed by atoms with E-state index >= 15 is 0 Å². The average Bonchev–Trinajstić information content (AvgIpc) is 2.73. The molecule has 0 aromatic heterocycles. The number of rotatable bonds is 3. The number of likely N-dealkylation sites (tertiary alicyclic amines) is 1. The Bertz CT molecular complexity index is 627. The first-order chi connectivity index (χ1) is 10.1. The fraction of sp³-hybridized carbons (Fsp3) is 0.333. The summed E-state index contributed by atoms with van der Waals surface area (Å²) in [6, 6.07) is 6.04. The van der Waals surface area contributed by atoms with Crippen LogP contribution in [0.3, 0.4) is 0 Å². The fourth-order valence-electron chi connectivity index (χ4n) is 2.98. The Morgan fingerprint density at radius 1 is 1.14 bits per heavy atom. The molecule has 1 aliphatic heterocycles. The van der Waals surface area contributed by atoms with E-state index in [4.69, 9.17) is 0 Å². The third kappa shape index (κ3) is 2.33. The van der Waals surface area contributed by atoms with Crippen LogP contribution >= 0.6 is 0 Å². The number of allylic oxidation sites excluding steroid dienone is 2. The van der Waals surface area contributed by atoms with E-state index in [2.05, 4.69) is 0 Å². The average molecular weight is 286 g/mol. The molecule has 6 nitrogen and oxygen atoms in total. The lowest BCUT2D eigenvalue weighted by atomic mass is 9.85. The maximum absolute atomic E-state index is 12.3. The van der Waals surface area contributed by atoms with Crippen molar-refractivity contribution in [3.05, 3.63) is 52.1 Å². The second kappa shape index (κ2) is 5.12. The van der Waals surface area contributed by atoms with Gasteiger partial charge in [-0.05, 0) is 18.4 Å². The summed E-state index contributed by atoms with van der Waals surface area (Å²) in [5, 5.41) is 10.8. The molecule has 1 aliphatic carbocycles. The Hall–Kier alpha value is -2.50. The molecule has 1 saturated heterocycles. The molecule has 0 spiro atoms. The van der Waals surface area contributed by atoms with E-state index in [1.807, 2.05) is 12.2 Å². The number of carbonyl (C=O) groups excluding carboxylic acids is 2. The highest BCUT2D eigenvalue weighted by Gasteiger charge is 2.46. The van der Waals surface area contributed by atoms with Gasteiger partial charge in [0.1, 0.15) is 0 Å². The van der Waals surface area contributed by atoms with Crippen LogP contribution in [-0.2, 0) is 16.1 Å². The maximum Gasteiger partial charge on any atom is 0.269 e. The molecule has 108 valence electrons. The van der Waals surface area contributed by atoms with Gasteiger partial charge in [0.2, 0.25) is 11.8 Å². The summed E-state index contributed by atoms with van der Waals surface area (Å²) < 4.78 is 0. The maximum atomic E-state index is 12.3. The lowest BCUT2D eigenvalue weighted by Gasteiger charge is -2.14. The third-order valence-electron chi connectivity index (χ3n) is 4.06. The van der Waals surface area contributed by atoms with Crippen molar-refractivity contribution in [3.8, 4) is 0 Å². The van der Waals surface area contributed by atoms with E-state index in [0.29, 0.717) is 18.4 Å². The number of benzene rings is 1. The van der Waals surface area contributed by atoms with Crippen molar-refractivity contribution in [3.63, 3.8) is 0 Å². The Kier molecular flexibility index (Phi) is 3.29. The molecule has 0 bridgehead atoms. The zero-order valence-corrected chi connectivity index (χ0v) is 11.3. The van der Waals surface area contributed by atoms with Crippen molar-refractivity contribution in [2.24, 2.45) is 11.8 Å². The van der Waals surface area contributed by atoms with Gasteiger partial charge in [-0.15, -0.1) is 0 Å². The van der Waals surface area contributed by atoms with Gasteiger partial charge in [-0.1, -0.05) is 24.3 Å². The van der Waals surface area contributed by atoms with Gasteiger partial charge in [0.25, 0.3) is 5.69 Å². The summed E-state index contributed by atoms with van der Waals surface area (Å²) >= 11 is 0. The number of hydrogen-bond acceptors (Lipinski definition) is 4. The van der Waals surface area contributed by atoms with Crippen molar-refractivity contribution in [1.82, 2.24) is 4.90 Å². The molecule has 2 amide bonds. The van der Waals surface area contributed by atoms with Gasteiger partial charge < -0.3 is 0 Å². The minimum atomic E-state index is -0.485. The van der Waals surface area contributed by atoms with Crippen LogP contribution in [0.15, 0.2) is 36.4 Å². The first kappa shape index (κ1) is 13.5. The van der Waals surface area contributed by atoms with Crippen molar-refractivity contribution in [1.29, 1.82) is 0 Å². The van der Waals surface area contributed by atoms with Gasteiger partial charge in [-0.25, -0.2) is 0 Å². The highest BCUT2D eigenvalue weighted by Crippen LogP contribution is 2.35. The Morgan fingerprint density at radius 2 is 1.76 bits per heavy atom. The van der Waals surface area contributed by atoms with Crippen LogP contribution < -0.4 is 0 Å². The molecule has 6 heteroatoms. The van der Waals surface area contributed by atoms with Gasteiger partial charge >= 0.3 is 0 Å². The number of imide groups is 1. The van der Waals surface area contributed by atoms with Gasteiger partial charge in [0, 0.05) is 12.1 Å². The number of nitrogens with zero attached hydrogens (tertiary/aromatic N) is 2. The number of nitro groups is 1. The topological polar surface area (TPSA) is 80.5 Å². The molecule has 2 aliphatic rings.